The van der Waals surface area contributed by atoms with Gasteiger partial charge in [-0.15, -0.1) is 0 Å². The fourth-order valence-electron chi connectivity index (χ4n) is 3.35. The Kier molecular flexibility index (Phi) is 7.25. The molecule has 158 valence electrons. The summed E-state index contributed by atoms with van der Waals surface area (Å²) in [6.45, 7) is 3.87. The molecule has 9 heteroatoms. The monoisotopic (exact) mass is 413 g/mol. The molecule has 2 aromatic rings. The second kappa shape index (κ2) is 10.1. The van der Waals surface area contributed by atoms with Crippen LogP contribution in [0.1, 0.15) is 45.1 Å². The number of carbonyl (C=O) groups excluding carboxylic acids is 1. The van der Waals surface area contributed by atoms with Crippen LogP contribution in [0.3, 0.4) is 0 Å². The van der Waals surface area contributed by atoms with E-state index >= 15 is 0 Å². The van der Waals surface area contributed by atoms with Gasteiger partial charge in [0.25, 0.3) is 0 Å². The number of carbonyl (C=O) groups is 1. The average molecular weight is 413 g/mol. The number of amides is 1. The second-order valence-corrected chi connectivity index (χ2v) is 7.36. The van der Waals surface area contributed by atoms with Gasteiger partial charge in [0, 0.05) is 24.7 Å². The van der Waals surface area contributed by atoms with E-state index in [9.17, 15) is 14.4 Å². The molecule has 3 rings (SSSR count). The van der Waals surface area contributed by atoms with Gasteiger partial charge in [-0.05, 0) is 38.7 Å². The molecule has 0 aliphatic heterocycles. The van der Waals surface area contributed by atoms with Crippen molar-refractivity contribution in [3.8, 4) is 23.3 Å². The van der Waals surface area contributed by atoms with Crippen LogP contribution in [0.25, 0.3) is 11.4 Å². The summed E-state index contributed by atoms with van der Waals surface area (Å²) in [6, 6.07) is 3.65. The molecule has 0 unspecified atom stereocenters. The molecule has 0 aromatic carbocycles. The van der Waals surface area contributed by atoms with Gasteiger partial charge in [-0.1, -0.05) is 0 Å². The topological polar surface area (TPSA) is 110 Å². The van der Waals surface area contributed by atoms with E-state index in [1.165, 1.54) is 13.1 Å². The summed E-state index contributed by atoms with van der Waals surface area (Å²) in [5.41, 5.74) is 0.798. The first kappa shape index (κ1) is 21.6. The van der Waals surface area contributed by atoms with Crippen molar-refractivity contribution >= 4 is 5.91 Å². The first-order valence-electron chi connectivity index (χ1n) is 9.88. The molecule has 1 saturated carbocycles. The number of rotatable bonds is 7. The molecule has 2 aromatic heterocycles. The highest BCUT2D eigenvalue weighted by molar-refractivity contribution is 5.73. The number of pyridine rings is 1. The lowest BCUT2D eigenvalue weighted by Crippen LogP contribution is -2.37. The van der Waals surface area contributed by atoms with Gasteiger partial charge in [0.2, 0.25) is 11.8 Å². The molecule has 1 aliphatic carbocycles. The summed E-state index contributed by atoms with van der Waals surface area (Å²) in [5, 5.41) is 12.3. The lowest BCUT2D eigenvalue weighted by molar-refractivity contribution is -0.120. The van der Waals surface area contributed by atoms with Crippen molar-refractivity contribution in [1.29, 1.82) is 5.26 Å². The van der Waals surface area contributed by atoms with Crippen molar-refractivity contribution in [3.05, 3.63) is 36.0 Å². The van der Waals surface area contributed by atoms with Gasteiger partial charge in [-0.25, -0.2) is 19.3 Å². The number of halogens is 1. The van der Waals surface area contributed by atoms with E-state index in [0.717, 1.165) is 38.1 Å². The van der Waals surface area contributed by atoms with Gasteiger partial charge >= 0.3 is 0 Å². The fraction of sp³-hybridized carbons (Fsp3) is 0.476. The Morgan fingerprint density at radius 2 is 1.90 bits per heavy atom. The Morgan fingerprint density at radius 3 is 2.53 bits per heavy atom. The Bertz CT molecular complexity index is 908. The van der Waals surface area contributed by atoms with Crippen molar-refractivity contribution in [2.24, 2.45) is 0 Å². The minimum Gasteiger partial charge on any atom is -0.473 e. The van der Waals surface area contributed by atoms with Crippen LogP contribution in [-0.2, 0) is 9.53 Å². The van der Waals surface area contributed by atoms with Crippen LogP contribution in [0.15, 0.2) is 24.7 Å². The smallest absolute Gasteiger partial charge is 0.231 e. The largest absolute Gasteiger partial charge is 0.473 e. The SMILES string of the molecule is CC(=O)N[C@@H](C)COC1CCC(Oc2ncc(-c3ncc(F)cn3)cc2C#N)CC1. The van der Waals surface area contributed by atoms with Crippen molar-refractivity contribution in [2.75, 3.05) is 6.61 Å². The van der Waals surface area contributed by atoms with Gasteiger partial charge < -0.3 is 14.8 Å². The lowest BCUT2D eigenvalue weighted by Gasteiger charge is -2.29. The van der Waals surface area contributed by atoms with E-state index in [1.54, 1.807) is 6.07 Å². The second-order valence-electron chi connectivity index (χ2n) is 7.36. The van der Waals surface area contributed by atoms with E-state index < -0.39 is 5.82 Å². The van der Waals surface area contributed by atoms with Crippen molar-refractivity contribution in [2.45, 2.75) is 57.8 Å². The van der Waals surface area contributed by atoms with Crippen LogP contribution in [0.2, 0.25) is 0 Å². The van der Waals surface area contributed by atoms with Crippen LogP contribution < -0.4 is 10.1 Å². The zero-order valence-corrected chi connectivity index (χ0v) is 17.0. The maximum atomic E-state index is 13.0. The summed E-state index contributed by atoms with van der Waals surface area (Å²) in [6.07, 6.45) is 6.96. The summed E-state index contributed by atoms with van der Waals surface area (Å²) < 4.78 is 24.8. The first-order valence-corrected chi connectivity index (χ1v) is 9.88. The highest BCUT2D eigenvalue weighted by atomic mass is 19.1. The number of nitrogens with one attached hydrogen (secondary N) is 1. The molecular weight excluding hydrogens is 389 g/mol. The highest BCUT2D eigenvalue weighted by Gasteiger charge is 2.25. The van der Waals surface area contributed by atoms with Gasteiger partial charge in [0.15, 0.2) is 11.6 Å². The molecule has 1 fully saturated rings. The Hall–Kier alpha value is -3.12. The van der Waals surface area contributed by atoms with Crippen LogP contribution in [-0.4, -0.2) is 45.7 Å². The third-order valence-electron chi connectivity index (χ3n) is 4.78. The zero-order valence-electron chi connectivity index (χ0n) is 17.0. The third-order valence-corrected chi connectivity index (χ3v) is 4.78. The van der Waals surface area contributed by atoms with Crippen LogP contribution in [0, 0.1) is 17.1 Å². The first-order chi connectivity index (χ1) is 14.4. The Labute approximate surface area is 174 Å². The minimum absolute atomic E-state index is 0.0255. The summed E-state index contributed by atoms with van der Waals surface area (Å²) in [5.74, 6) is -0.0394. The van der Waals surface area contributed by atoms with Gasteiger partial charge in [0.05, 0.1) is 25.1 Å². The zero-order chi connectivity index (χ0) is 21.5. The summed E-state index contributed by atoms with van der Waals surface area (Å²) in [7, 11) is 0. The maximum Gasteiger partial charge on any atom is 0.231 e. The molecule has 1 N–H and O–H groups in total. The van der Waals surface area contributed by atoms with Crippen LogP contribution in [0.4, 0.5) is 4.39 Å². The minimum atomic E-state index is -0.531. The number of hydrogen-bond donors (Lipinski definition) is 1. The van der Waals surface area contributed by atoms with E-state index in [2.05, 4.69) is 26.3 Å². The molecule has 1 aliphatic rings. The molecule has 1 amide bonds. The predicted octanol–water partition coefficient (Wildman–Crippen LogP) is 2.78. The third kappa shape index (κ3) is 5.94. The summed E-state index contributed by atoms with van der Waals surface area (Å²) in [4.78, 5) is 23.1. The van der Waals surface area contributed by atoms with Gasteiger partial charge in [-0.3, -0.25) is 4.79 Å². The van der Waals surface area contributed by atoms with E-state index in [1.807, 2.05) is 6.92 Å². The van der Waals surface area contributed by atoms with E-state index in [4.69, 9.17) is 9.47 Å². The molecular formula is C21H24FN5O3. The molecule has 2 heterocycles. The maximum absolute atomic E-state index is 13.0. The fourth-order valence-corrected chi connectivity index (χ4v) is 3.35. The van der Waals surface area contributed by atoms with E-state index in [-0.39, 0.29) is 41.4 Å². The van der Waals surface area contributed by atoms with E-state index in [0.29, 0.717) is 12.2 Å². The average Bonchev–Trinajstić information content (AvgIpc) is 2.73. The van der Waals surface area contributed by atoms with Crippen molar-refractivity contribution in [3.63, 3.8) is 0 Å². The van der Waals surface area contributed by atoms with Gasteiger partial charge in [-0.2, -0.15) is 5.26 Å². The lowest BCUT2D eigenvalue weighted by atomic mass is 9.95. The Morgan fingerprint density at radius 1 is 1.23 bits per heavy atom. The standard InChI is InChI=1S/C21H24FN5O3/c1-13(27-14(2)28)12-29-18-3-5-19(6-4-18)30-21-15(8-23)7-16(9-26-21)20-24-10-17(22)11-25-20/h7,9-11,13,18-19H,3-6,12H2,1-2H3,(H,27,28)/t13-,18?,19?/m0/s1. The van der Waals surface area contributed by atoms with Crippen molar-refractivity contribution < 1.29 is 18.7 Å². The predicted molar refractivity (Wildman–Crippen MR) is 106 cm³/mol. The van der Waals surface area contributed by atoms with Gasteiger partial charge in [0.1, 0.15) is 17.7 Å². The normalized spacial score (nSPS) is 19.5. The van der Waals surface area contributed by atoms with Crippen LogP contribution in [0.5, 0.6) is 5.88 Å². The summed E-state index contributed by atoms with van der Waals surface area (Å²) >= 11 is 0. The Balaban J connectivity index is 1.54. The number of nitriles is 1. The van der Waals surface area contributed by atoms with Crippen molar-refractivity contribution in [1.82, 2.24) is 20.3 Å². The molecule has 0 bridgehead atoms. The molecule has 0 saturated heterocycles. The number of ether oxygens (including phenoxy) is 2. The number of nitrogens with zero attached hydrogens (tertiary/aromatic N) is 4. The number of hydrogen-bond acceptors (Lipinski definition) is 7. The number of aromatic nitrogens is 3. The molecule has 0 spiro atoms. The molecule has 8 nitrogen and oxygen atoms in total. The van der Waals surface area contributed by atoms with Crippen LogP contribution >= 0.6 is 0 Å². The molecule has 1 atom stereocenters. The molecule has 30 heavy (non-hydrogen) atoms. The quantitative estimate of drug-likeness (QED) is 0.743. The highest BCUT2D eigenvalue weighted by Crippen LogP contribution is 2.28. The molecule has 0 radical (unpaired) electrons.